The Kier molecular flexibility index (Phi) is 4.81. The van der Waals surface area contributed by atoms with Crippen LogP contribution in [0.5, 0.6) is 5.75 Å². The lowest BCUT2D eigenvalue weighted by molar-refractivity contribution is 0.453. The van der Waals surface area contributed by atoms with Crippen molar-refractivity contribution in [1.82, 2.24) is 5.32 Å². The molecule has 1 aromatic carbocycles. The maximum absolute atomic E-state index is 9.65. The molecular formula is C13H18N2O. The van der Waals surface area contributed by atoms with Crippen molar-refractivity contribution >= 4 is 0 Å². The molecule has 0 fully saturated rings. The third-order valence-electron chi connectivity index (χ3n) is 2.65. The monoisotopic (exact) mass is 218 g/mol. The van der Waals surface area contributed by atoms with Crippen molar-refractivity contribution in [2.24, 2.45) is 0 Å². The number of hydrogen-bond acceptors (Lipinski definition) is 3. The highest BCUT2D eigenvalue weighted by Crippen LogP contribution is 2.18. The van der Waals surface area contributed by atoms with E-state index < -0.39 is 0 Å². The summed E-state index contributed by atoms with van der Waals surface area (Å²) in [6.45, 7) is 4.65. The summed E-state index contributed by atoms with van der Waals surface area (Å²) < 4.78 is 0. The van der Waals surface area contributed by atoms with E-state index in [1.54, 1.807) is 6.07 Å². The molecule has 0 aliphatic rings. The standard InChI is InChI=1S/C13H18N2O/c1-3-12(6-7-14)15-9-11-8-10(2)4-5-13(11)16/h4-5,8,12,15-16H,3,6,9H2,1-2H3. The van der Waals surface area contributed by atoms with Crippen molar-refractivity contribution in [2.75, 3.05) is 0 Å². The molecular weight excluding hydrogens is 200 g/mol. The summed E-state index contributed by atoms with van der Waals surface area (Å²) in [5.74, 6) is 0.310. The van der Waals surface area contributed by atoms with Crippen molar-refractivity contribution < 1.29 is 5.11 Å². The van der Waals surface area contributed by atoms with Crippen LogP contribution in [0.3, 0.4) is 0 Å². The zero-order valence-corrected chi connectivity index (χ0v) is 9.83. The van der Waals surface area contributed by atoms with Crippen LogP contribution in [0.2, 0.25) is 0 Å². The van der Waals surface area contributed by atoms with Gasteiger partial charge in [-0.1, -0.05) is 24.6 Å². The Hall–Kier alpha value is -1.53. The molecule has 2 N–H and O–H groups in total. The summed E-state index contributed by atoms with van der Waals surface area (Å²) in [6.07, 6.45) is 1.42. The molecule has 1 rings (SSSR count). The SMILES string of the molecule is CCC(CC#N)NCc1cc(C)ccc1O. The molecule has 16 heavy (non-hydrogen) atoms. The summed E-state index contributed by atoms with van der Waals surface area (Å²) in [5.41, 5.74) is 2.01. The van der Waals surface area contributed by atoms with Gasteiger partial charge in [0.25, 0.3) is 0 Å². The van der Waals surface area contributed by atoms with Gasteiger partial charge in [0, 0.05) is 18.2 Å². The van der Waals surface area contributed by atoms with Crippen molar-refractivity contribution in [3.8, 4) is 11.8 Å². The first-order valence-electron chi connectivity index (χ1n) is 5.56. The minimum absolute atomic E-state index is 0.199. The van der Waals surface area contributed by atoms with Crippen LogP contribution in [0.1, 0.15) is 30.9 Å². The molecule has 1 unspecified atom stereocenters. The fraction of sp³-hybridized carbons (Fsp3) is 0.462. The summed E-state index contributed by atoms with van der Waals surface area (Å²) in [7, 11) is 0. The Bertz CT molecular complexity index is 382. The number of rotatable bonds is 5. The molecule has 0 heterocycles. The number of aromatic hydroxyl groups is 1. The summed E-state index contributed by atoms with van der Waals surface area (Å²) in [4.78, 5) is 0. The minimum Gasteiger partial charge on any atom is -0.508 e. The molecule has 0 aromatic heterocycles. The maximum atomic E-state index is 9.65. The van der Waals surface area contributed by atoms with Gasteiger partial charge in [0.1, 0.15) is 5.75 Å². The first-order chi connectivity index (χ1) is 7.67. The lowest BCUT2D eigenvalue weighted by atomic mass is 10.1. The first kappa shape index (κ1) is 12.5. The van der Waals surface area contributed by atoms with Gasteiger partial charge >= 0.3 is 0 Å². The van der Waals surface area contributed by atoms with Crippen LogP contribution in [-0.2, 0) is 6.54 Å². The van der Waals surface area contributed by atoms with E-state index in [-0.39, 0.29) is 6.04 Å². The summed E-state index contributed by atoms with van der Waals surface area (Å²) in [6, 6.07) is 7.90. The molecule has 0 bridgehead atoms. The average Bonchev–Trinajstić information content (AvgIpc) is 2.28. The van der Waals surface area contributed by atoms with Crippen LogP contribution < -0.4 is 5.32 Å². The Morgan fingerprint density at radius 1 is 1.50 bits per heavy atom. The first-order valence-corrected chi connectivity index (χ1v) is 5.56. The second kappa shape index (κ2) is 6.14. The zero-order chi connectivity index (χ0) is 12.0. The number of phenolic OH excluding ortho intramolecular Hbond substituents is 1. The molecule has 0 spiro atoms. The van der Waals surface area contributed by atoms with Crippen molar-refractivity contribution in [1.29, 1.82) is 5.26 Å². The van der Waals surface area contributed by atoms with Crippen molar-refractivity contribution in [2.45, 2.75) is 39.3 Å². The van der Waals surface area contributed by atoms with E-state index in [2.05, 4.69) is 11.4 Å². The number of hydrogen-bond donors (Lipinski definition) is 2. The van der Waals surface area contributed by atoms with E-state index in [1.807, 2.05) is 26.0 Å². The molecule has 3 nitrogen and oxygen atoms in total. The van der Waals surface area contributed by atoms with Crippen molar-refractivity contribution in [3.05, 3.63) is 29.3 Å². The molecule has 1 aromatic rings. The molecule has 0 saturated heterocycles. The van der Waals surface area contributed by atoms with E-state index in [0.29, 0.717) is 18.7 Å². The lowest BCUT2D eigenvalue weighted by Crippen LogP contribution is -2.27. The molecule has 0 aliphatic heterocycles. The fourth-order valence-corrected chi connectivity index (χ4v) is 1.58. The quantitative estimate of drug-likeness (QED) is 0.798. The van der Waals surface area contributed by atoms with Crippen LogP contribution in [0.15, 0.2) is 18.2 Å². The van der Waals surface area contributed by atoms with Crippen LogP contribution >= 0.6 is 0 Å². The van der Waals surface area contributed by atoms with Crippen LogP contribution in [0, 0.1) is 18.3 Å². The largest absolute Gasteiger partial charge is 0.508 e. The average molecular weight is 218 g/mol. The topological polar surface area (TPSA) is 56.0 Å². The molecule has 86 valence electrons. The van der Waals surface area contributed by atoms with E-state index in [9.17, 15) is 5.11 Å². The van der Waals surface area contributed by atoms with E-state index in [1.165, 1.54) is 0 Å². The van der Waals surface area contributed by atoms with Gasteiger partial charge in [0.2, 0.25) is 0 Å². The lowest BCUT2D eigenvalue weighted by Gasteiger charge is -2.14. The molecule has 0 amide bonds. The Morgan fingerprint density at radius 3 is 2.88 bits per heavy atom. The second-order valence-corrected chi connectivity index (χ2v) is 3.98. The fourth-order valence-electron chi connectivity index (χ4n) is 1.58. The number of phenols is 1. The number of nitrogens with zero attached hydrogens (tertiary/aromatic N) is 1. The van der Waals surface area contributed by atoms with Crippen LogP contribution in [0.25, 0.3) is 0 Å². The van der Waals surface area contributed by atoms with E-state index >= 15 is 0 Å². The van der Waals surface area contributed by atoms with Gasteiger partial charge in [-0.2, -0.15) is 5.26 Å². The highest BCUT2D eigenvalue weighted by atomic mass is 16.3. The summed E-state index contributed by atoms with van der Waals surface area (Å²) >= 11 is 0. The molecule has 0 aliphatic carbocycles. The highest BCUT2D eigenvalue weighted by molar-refractivity contribution is 5.35. The normalized spacial score (nSPS) is 12.1. The smallest absolute Gasteiger partial charge is 0.120 e. The summed E-state index contributed by atoms with van der Waals surface area (Å²) in [5, 5.41) is 21.5. The van der Waals surface area contributed by atoms with Gasteiger partial charge in [0.15, 0.2) is 0 Å². The molecule has 0 radical (unpaired) electrons. The van der Waals surface area contributed by atoms with Gasteiger partial charge in [-0.05, 0) is 19.4 Å². The third kappa shape index (κ3) is 3.56. The van der Waals surface area contributed by atoms with Crippen LogP contribution in [-0.4, -0.2) is 11.1 Å². The van der Waals surface area contributed by atoms with Gasteiger partial charge in [-0.15, -0.1) is 0 Å². The predicted molar refractivity (Wildman–Crippen MR) is 64.0 cm³/mol. The molecule has 1 atom stereocenters. The highest BCUT2D eigenvalue weighted by Gasteiger charge is 2.06. The van der Waals surface area contributed by atoms with Gasteiger partial charge in [-0.3, -0.25) is 0 Å². The second-order valence-electron chi connectivity index (χ2n) is 3.98. The number of benzene rings is 1. The number of nitrogens with one attached hydrogen (secondary N) is 1. The Balaban J connectivity index is 2.60. The van der Waals surface area contributed by atoms with Gasteiger partial charge in [-0.25, -0.2) is 0 Å². The number of nitriles is 1. The van der Waals surface area contributed by atoms with Crippen molar-refractivity contribution in [3.63, 3.8) is 0 Å². The minimum atomic E-state index is 0.199. The van der Waals surface area contributed by atoms with Gasteiger partial charge in [0.05, 0.1) is 12.5 Å². The Morgan fingerprint density at radius 2 is 2.25 bits per heavy atom. The van der Waals surface area contributed by atoms with E-state index in [4.69, 9.17) is 5.26 Å². The third-order valence-corrected chi connectivity index (χ3v) is 2.65. The zero-order valence-electron chi connectivity index (χ0n) is 9.83. The van der Waals surface area contributed by atoms with Crippen LogP contribution in [0.4, 0.5) is 0 Å². The Labute approximate surface area is 96.7 Å². The van der Waals surface area contributed by atoms with Gasteiger partial charge < -0.3 is 10.4 Å². The predicted octanol–water partition coefficient (Wildman–Crippen LogP) is 2.48. The number of aryl methyl sites for hydroxylation is 1. The van der Waals surface area contributed by atoms with E-state index in [0.717, 1.165) is 17.5 Å². The molecule has 0 saturated carbocycles. The molecule has 3 heteroatoms. The maximum Gasteiger partial charge on any atom is 0.120 e.